The second-order valence-corrected chi connectivity index (χ2v) is 11.8. The minimum absolute atomic E-state index is 0.0723. The van der Waals surface area contributed by atoms with Crippen LogP contribution in [0.15, 0.2) is 24.3 Å². The summed E-state index contributed by atoms with van der Waals surface area (Å²) in [6.07, 6.45) is 3.49. The fraction of sp³-hybridized carbons (Fsp3) is 0.567. The normalized spacial score (nSPS) is 18.1. The molecule has 8 heteroatoms. The Morgan fingerprint density at radius 1 is 1.13 bits per heavy atom. The minimum Gasteiger partial charge on any atom is -0.369 e. The second-order valence-electron chi connectivity index (χ2n) is 11.8. The van der Waals surface area contributed by atoms with Crippen molar-refractivity contribution in [1.29, 1.82) is 0 Å². The van der Waals surface area contributed by atoms with Crippen LogP contribution in [0.5, 0.6) is 0 Å². The summed E-state index contributed by atoms with van der Waals surface area (Å²) in [5, 5.41) is 5.99. The number of aromatic amines is 1. The number of nitrogens with one attached hydrogen (secondary N) is 3. The lowest BCUT2D eigenvalue weighted by Crippen LogP contribution is -2.46. The summed E-state index contributed by atoms with van der Waals surface area (Å²) >= 11 is 0. The number of aromatic nitrogens is 1. The number of hydrogen-bond donors (Lipinski definition) is 3. The van der Waals surface area contributed by atoms with Crippen LogP contribution in [0.4, 0.5) is 5.69 Å². The number of likely N-dealkylation sites (N-methyl/N-ethyl adjacent to an activating group) is 1. The van der Waals surface area contributed by atoms with E-state index in [1.54, 1.807) is 0 Å². The third-order valence-electron chi connectivity index (χ3n) is 7.84. The van der Waals surface area contributed by atoms with Gasteiger partial charge in [0.25, 0.3) is 5.91 Å². The van der Waals surface area contributed by atoms with Crippen LogP contribution in [0.3, 0.4) is 0 Å². The molecule has 2 aromatic rings. The third kappa shape index (κ3) is 6.46. The van der Waals surface area contributed by atoms with Crippen LogP contribution >= 0.6 is 0 Å². The molecule has 4 rings (SSSR count). The molecule has 0 saturated carbocycles. The summed E-state index contributed by atoms with van der Waals surface area (Å²) < 4.78 is 0. The van der Waals surface area contributed by atoms with Gasteiger partial charge in [-0.25, -0.2) is 0 Å². The van der Waals surface area contributed by atoms with Gasteiger partial charge >= 0.3 is 0 Å². The highest BCUT2D eigenvalue weighted by molar-refractivity contribution is 6.05. The Labute approximate surface area is 226 Å². The zero-order valence-corrected chi connectivity index (χ0v) is 23.6. The van der Waals surface area contributed by atoms with Gasteiger partial charge in [-0.3, -0.25) is 14.4 Å². The molecule has 2 heterocycles. The van der Waals surface area contributed by atoms with E-state index in [0.717, 1.165) is 56.7 Å². The number of rotatable bonds is 9. The van der Waals surface area contributed by atoms with E-state index < -0.39 is 6.04 Å². The Hall–Kier alpha value is -3.13. The number of unbranched alkanes of at least 4 members (excludes halogenated alkanes) is 1. The predicted molar refractivity (Wildman–Crippen MR) is 151 cm³/mol. The number of H-pyrrole nitrogens is 1. The average Bonchev–Trinajstić information content (AvgIpc) is 3.20. The number of benzene rings is 1. The first kappa shape index (κ1) is 27.9. The highest BCUT2D eigenvalue weighted by atomic mass is 16.2. The summed E-state index contributed by atoms with van der Waals surface area (Å²) in [5.74, 6) is -0.457. The molecule has 1 aromatic carbocycles. The summed E-state index contributed by atoms with van der Waals surface area (Å²) in [4.78, 5) is 47.2. The molecule has 1 aromatic heterocycles. The summed E-state index contributed by atoms with van der Waals surface area (Å²) in [6, 6.07) is 7.66. The molecule has 2 amide bonds. The number of hydrogen-bond acceptors (Lipinski definition) is 5. The molecule has 2 aliphatic rings. The highest BCUT2D eigenvalue weighted by Crippen LogP contribution is 2.36. The maximum absolute atomic E-state index is 13.3. The largest absolute Gasteiger partial charge is 0.369 e. The Kier molecular flexibility index (Phi) is 8.61. The van der Waals surface area contributed by atoms with Crippen molar-refractivity contribution in [3.63, 3.8) is 0 Å². The zero-order valence-electron chi connectivity index (χ0n) is 23.6. The number of anilines is 1. The molecule has 8 nitrogen and oxygen atoms in total. The van der Waals surface area contributed by atoms with Crippen molar-refractivity contribution in [1.82, 2.24) is 20.5 Å². The van der Waals surface area contributed by atoms with Crippen LogP contribution in [0.25, 0.3) is 0 Å². The van der Waals surface area contributed by atoms with Crippen LogP contribution in [0.2, 0.25) is 0 Å². The second kappa shape index (κ2) is 11.7. The molecular formula is C30H43N5O3. The standard InChI is InChI=1S/C30H43N5O3/c1-6-7-11-23(33-29(38)27-20(2)26-24(32-27)17-30(3,4)18-25(26)36)28(37)31-19-21-9-8-10-22(16-21)35-14-12-34(5)13-15-35/h8-10,16,23,32H,6-7,11-15,17-19H2,1-5H3,(H,31,37)(H,33,38). The van der Waals surface area contributed by atoms with Gasteiger partial charge in [-0.15, -0.1) is 0 Å². The molecule has 1 saturated heterocycles. The average molecular weight is 522 g/mol. The van der Waals surface area contributed by atoms with Gasteiger partial charge in [0, 0.05) is 56.1 Å². The van der Waals surface area contributed by atoms with Crippen LogP contribution < -0.4 is 15.5 Å². The monoisotopic (exact) mass is 521 g/mol. The molecule has 206 valence electrons. The molecule has 1 fully saturated rings. The van der Waals surface area contributed by atoms with E-state index >= 15 is 0 Å². The minimum atomic E-state index is -0.643. The molecule has 0 radical (unpaired) electrons. The van der Waals surface area contributed by atoms with Gasteiger partial charge in [0.05, 0.1) is 0 Å². The SMILES string of the molecule is CCCCC(NC(=O)c1[nH]c2c(c1C)C(=O)CC(C)(C)C2)C(=O)NCc1cccc(N2CCN(C)CC2)c1. The fourth-order valence-corrected chi connectivity index (χ4v) is 5.61. The Balaban J connectivity index is 1.42. The van der Waals surface area contributed by atoms with E-state index in [1.165, 1.54) is 5.69 Å². The molecule has 1 aliphatic heterocycles. The van der Waals surface area contributed by atoms with Gasteiger partial charge < -0.3 is 25.4 Å². The van der Waals surface area contributed by atoms with E-state index in [1.807, 2.05) is 19.1 Å². The van der Waals surface area contributed by atoms with Crippen molar-refractivity contribution < 1.29 is 14.4 Å². The maximum Gasteiger partial charge on any atom is 0.268 e. The number of fused-ring (bicyclic) bond motifs is 1. The molecule has 0 spiro atoms. The molecule has 1 atom stereocenters. The Morgan fingerprint density at radius 2 is 1.87 bits per heavy atom. The zero-order chi connectivity index (χ0) is 27.4. The number of carbonyl (C=O) groups excluding carboxylic acids is 3. The van der Waals surface area contributed by atoms with Crippen molar-refractivity contribution in [3.8, 4) is 0 Å². The van der Waals surface area contributed by atoms with Crippen LogP contribution in [0.1, 0.15) is 84.1 Å². The lowest BCUT2D eigenvalue weighted by Gasteiger charge is -2.34. The van der Waals surface area contributed by atoms with E-state index in [2.05, 4.69) is 65.4 Å². The summed E-state index contributed by atoms with van der Waals surface area (Å²) in [5.41, 5.74) is 4.59. The van der Waals surface area contributed by atoms with Gasteiger partial charge in [-0.05, 0) is 55.5 Å². The number of Topliss-reactive ketones (excluding diaryl/α,β-unsaturated/α-hetero) is 1. The summed E-state index contributed by atoms with van der Waals surface area (Å²) in [7, 11) is 2.14. The smallest absolute Gasteiger partial charge is 0.268 e. The van der Waals surface area contributed by atoms with Crippen LogP contribution in [-0.2, 0) is 17.8 Å². The number of carbonyl (C=O) groups is 3. The highest BCUT2D eigenvalue weighted by Gasteiger charge is 2.35. The molecule has 1 aliphatic carbocycles. The molecule has 1 unspecified atom stereocenters. The molecule has 38 heavy (non-hydrogen) atoms. The molecular weight excluding hydrogens is 478 g/mol. The van der Waals surface area contributed by atoms with Crippen molar-refractivity contribution >= 4 is 23.3 Å². The van der Waals surface area contributed by atoms with Gasteiger partial charge in [-0.1, -0.05) is 45.7 Å². The van der Waals surface area contributed by atoms with Gasteiger partial charge in [0.1, 0.15) is 11.7 Å². The van der Waals surface area contributed by atoms with Gasteiger partial charge in [-0.2, -0.15) is 0 Å². The Morgan fingerprint density at radius 3 is 2.58 bits per heavy atom. The first-order valence-corrected chi connectivity index (χ1v) is 13.9. The first-order valence-electron chi connectivity index (χ1n) is 13.9. The van der Waals surface area contributed by atoms with Crippen molar-refractivity contribution in [2.75, 3.05) is 38.1 Å². The van der Waals surface area contributed by atoms with Crippen molar-refractivity contribution in [3.05, 3.63) is 52.3 Å². The van der Waals surface area contributed by atoms with E-state index in [4.69, 9.17) is 0 Å². The lowest BCUT2D eigenvalue weighted by molar-refractivity contribution is -0.123. The third-order valence-corrected chi connectivity index (χ3v) is 7.84. The Bertz CT molecular complexity index is 1180. The molecule has 0 bridgehead atoms. The van der Waals surface area contributed by atoms with Crippen molar-refractivity contribution in [2.24, 2.45) is 5.41 Å². The van der Waals surface area contributed by atoms with Crippen molar-refractivity contribution in [2.45, 2.75) is 72.4 Å². The van der Waals surface area contributed by atoms with Crippen LogP contribution in [-0.4, -0.2) is 66.8 Å². The first-order chi connectivity index (χ1) is 18.1. The number of nitrogens with zero attached hydrogens (tertiary/aromatic N) is 2. The predicted octanol–water partition coefficient (Wildman–Crippen LogP) is 3.84. The maximum atomic E-state index is 13.3. The van der Waals surface area contributed by atoms with Crippen LogP contribution in [0, 0.1) is 12.3 Å². The topological polar surface area (TPSA) is 97.5 Å². The van der Waals surface area contributed by atoms with E-state index in [0.29, 0.717) is 36.2 Å². The quantitative estimate of drug-likeness (QED) is 0.466. The van der Waals surface area contributed by atoms with Gasteiger partial charge in [0.15, 0.2) is 5.78 Å². The number of amides is 2. The number of ketones is 1. The van der Waals surface area contributed by atoms with Gasteiger partial charge in [0.2, 0.25) is 5.91 Å². The molecule has 3 N–H and O–H groups in total. The lowest BCUT2D eigenvalue weighted by atomic mass is 9.75. The number of piperazine rings is 1. The summed E-state index contributed by atoms with van der Waals surface area (Å²) in [6.45, 7) is 12.5. The van der Waals surface area contributed by atoms with E-state index in [9.17, 15) is 14.4 Å². The van der Waals surface area contributed by atoms with E-state index in [-0.39, 0.29) is 23.0 Å². The fourth-order valence-electron chi connectivity index (χ4n) is 5.61.